The van der Waals surface area contributed by atoms with Crippen LogP contribution in [0.4, 0.5) is 13.2 Å². The van der Waals surface area contributed by atoms with Gasteiger partial charge in [-0.05, 0) is 24.3 Å². The maximum atomic E-state index is 12.9. The second-order valence-corrected chi connectivity index (χ2v) is 5.73. The number of ether oxygens (including phenoxy) is 1. The molecule has 2 aromatic carbocycles. The quantitative estimate of drug-likeness (QED) is 0.693. The third-order valence-electron chi connectivity index (χ3n) is 3.17. The standard InChI is InChI=1S/C16H9F3N2OS/c17-16(18,19)12-4-2-1-3-10(12)9-22-11-5-6-13-14(7-11)23-15(8-20)21-13/h1-7H,9H2. The maximum Gasteiger partial charge on any atom is 0.416 e. The van der Waals surface area contributed by atoms with E-state index in [1.807, 2.05) is 6.07 Å². The molecule has 0 spiro atoms. The number of aromatic nitrogens is 1. The van der Waals surface area contributed by atoms with Crippen molar-refractivity contribution in [1.82, 2.24) is 4.98 Å². The van der Waals surface area contributed by atoms with Crippen LogP contribution in [0.2, 0.25) is 0 Å². The number of halogens is 3. The van der Waals surface area contributed by atoms with Gasteiger partial charge in [-0.1, -0.05) is 18.2 Å². The van der Waals surface area contributed by atoms with Crippen LogP contribution < -0.4 is 4.74 Å². The predicted molar refractivity (Wildman–Crippen MR) is 80.1 cm³/mol. The first-order chi connectivity index (χ1) is 11.0. The summed E-state index contributed by atoms with van der Waals surface area (Å²) in [7, 11) is 0. The van der Waals surface area contributed by atoms with Gasteiger partial charge in [0, 0.05) is 5.56 Å². The van der Waals surface area contributed by atoms with Crippen molar-refractivity contribution >= 4 is 21.6 Å². The Morgan fingerprint density at radius 3 is 2.70 bits per heavy atom. The molecule has 0 radical (unpaired) electrons. The number of hydrogen-bond donors (Lipinski definition) is 0. The Balaban J connectivity index is 1.83. The molecule has 1 heterocycles. The van der Waals surface area contributed by atoms with E-state index in [9.17, 15) is 13.2 Å². The van der Waals surface area contributed by atoms with E-state index in [-0.39, 0.29) is 12.2 Å². The van der Waals surface area contributed by atoms with Crippen molar-refractivity contribution in [3.8, 4) is 11.8 Å². The summed E-state index contributed by atoms with van der Waals surface area (Å²) in [6.45, 7) is -0.189. The number of benzene rings is 2. The number of thiazole rings is 1. The Morgan fingerprint density at radius 2 is 1.96 bits per heavy atom. The highest BCUT2D eigenvalue weighted by Crippen LogP contribution is 2.33. The topological polar surface area (TPSA) is 45.9 Å². The predicted octanol–water partition coefficient (Wildman–Crippen LogP) is 4.77. The fraction of sp³-hybridized carbons (Fsp3) is 0.125. The Hall–Kier alpha value is -2.59. The van der Waals surface area contributed by atoms with Crippen molar-refractivity contribution < 1.29 is 17.9 Å². The van der Waals surface area contributed by atoms with E-state index in [1.165, 1.54) is 23.5 Å². The highest BCUT2D eigenvalue weighted by atomic mass is 32.1. The van der Waals surface area contributed by atoms with Gasteiger partial charge in [0.15, 0.2) is 5.01 Å². The van der Waals surface area contributed by atoms with Crippen molar-refractivity contribution in [1.29, 1.82) is 5.26 Å². The van der Waals surface area contributed by atoms with E-state index >= 15 is 0 Å². The average molecular weight is 334 g/mol. The van der Waals surface area contributed by atoms with Crippen LogP contribution >= 0.6 is 11.3 Å². The van der Waals surface area contributed by atoms with Crippen LogP contribution in [0.5, 0.6) is 5.75 Å². The monoisotopic (exact) mass is 334 g/mol. The Bertz CT molecular complexity index is 896. The van der Waals surface area contributed by atoms with Crippen LogP contribution in [-0.4, -0.2) is 4.98 Å². The molecule has 0 fully saturated rings. The van der Waals surface area contributed by atoms with Crippen LogP contribution in [0.25, 0.3) is 10.2 Å². The molecule has 23 heavy (non-hydrogen) atoms. The summed E-state index contributed by atoms with van der Waals surface area (Å²) in [4.78, 5) is 4.09. The minimum Gasteiger partial charge on any atom is -0.489 e. The van der Waals surface area contributed by atoms with Gasteiger partial charge in [0.1, 0.15) is 18.4 Å². The second-order valence-electron chi connectivity index (χ2n) is 4.70. The fourth-order valence-corrected chi connectivity index (χ4v) is 2.92. The largest absolute Gasteiger partial charge is 0.489 e. The molecule has 3 rings (SSSR count). The zero-order valence-corrected chi connectivity index (χ0v) is 12.4. The minimum absolute atomic E-state index is 0.0714. The van der Waals surface area contributed by atoms with Gasteiger partial charge in [0.25, 0.3) is 0 Å². The molecule has 0 atom stereocenters. The molecule has 0 unspecified atom stereocenters. The molecule has 116 valence electrons. The van der Waals surface area contributed by atoms with Gasteiger partial charge >= 0.3 is 6.18 Å². The van der Waals surface area contributed by atoms with Crippen molar-refractivity contribution in [2.75, 3.05) is 0 Å². The number of nitrogens with zero attached hydrogens (tertiary/aromatic N) is 2. The van der Waals surface area contributed by atoms with Crippen LogP contribution in [0.1, 0.15) is 16.1 Å². The molecule has 0 saturated carbocycles. The van der Waals surface area contributed by atoms with Gasteiger partial charge in [-0.2, -0.15) is 18.4 Å². The van der Waals surface area contributed by atoms with Crippen LogP contribution in [0.15, 0.2) is 42.5 Å². The molecule has 0 saturated heterocycles. The van der Waals surface area contributed by atoms with Gasteiger partial charge in [-0.25, -0.2) is 4.98 Å². The molecule has 0 aliphatic carbocycles. The van der Waals surface area contributed by atoms with Crippen LogP contribution in [0.3, 0.4) is 0 Å². The molecule has 0 aliphatic rings. The average Bonchev–Trinajstić information content (AvgIpc) is 2.94. The van der Waals surface area contributed by atoms with E-state index in [0.717, 1.165) is 10.8 Å². The normalized spacial score (nSPS) is 11.4. The van der Waals surface area contributed by atoms with Gasteiger partial charge in [0.05, 0.1) is 15.8 Å². The Morgan fingerprint density at radius 1 is 1.17 bits per heavy atom. The summed E-state index contributed by atoms with van der Waals surface area (Å²) >= 11 is 1.21. The zero-order valence-electron chi connectivity index (χ0n) is 11.6. The maximum absolute atomic E-state index is 12.9. The number of fused-ring (bicyclic) bond motifs is 1. The summed E-state index contributed by atoms with van der Waals surface area (Å²) in [5, 5.41) is 9.16. The third-order valence-corrected chi connectivity index (χ3v) is 4.10. The van der Waals surface area contributed by atoms with Crippen molar-refractivity contribution in [3.63, 3.8) is 0 Å². The summed E-state index contributed by atoms with van der Waals surface area (Å²) in [5.74, 6) is 0.433. The van der Waals surface area contributed by atoms with Crippen molar-refractivity contribution in [3.05, 3.63) is 58.6 Å². The lowest BCUT2D eigenvalue weighted by Gasteiger charge is -2.13. The lowest BCUT2D eigenvalue weighted by Crippen LogP contribution is -2.10. The van der Waals surface area contributed by atoms with E-state index in [0.29, 0.717) is 16.3 Å². The number of alkyl halides is 3. The van der Waals surface area contributed by atoms with E-state index < -0.39 is 11.7 Å². The summed E-state index contributed by atoms with van der Waals surface area (Å²) in [6, 6.07) is 12.2. The Kier molecular flexibility index (Phi) is 3.92. The molecule has 1 aromatic heterocycles. The molecule has 0 N–H and O–H groups in total. The molecule has 0 amide bonds. The van der Waals surface area contributed by atoms with Crippen LogP contribution in [-0.2, 0) is 12.8 Å². The number of nitriles is 1. The lowest BCUT2D eigenvalue weighted by molar-refractivity contribution is -0.138. The fourth-order valence-electron chi connectivity index (χ4n) is 2.13. The molecule has 3 aromatic rings. The first-order valence-corrected chi connectivity index (χ1v) is 7.37. The summed E-state index contributed by atoms with van der Waals surface area (Å²) < 4.78 is 45.0. The summed E-state index contributed by atoms with van der Waals surface area (Å²) in [6.07, 6.45) is -4.41. The first-order valence-electron chi connectivity index (χ1n) is 6.56. The highest BCUT2D eigenvalue weighted by Gasteiger charge is 2.32. The minimum atomic E-state index is -4.41. The summed E-state index contributed by atoms with van der Waals surface area (Å²) in [5.41, 5.74) is 0.0299. The SMILES string of the molecule is N#Cc1nc2ccc(OCc3ccccc3C(F)(F)F)cc2s1. The van der Waals surface area contributed by atoms with E-state index in [4.69, 9.17) is 10.00 Å². The molecular formula is C16H9F3N2OS. The highest BCUT2D eigenvalue weighted by molar-refractivity contribution is 7.19. The smallest absolute Gasteiger partial charge is 0.416 e. The third kappa shape index (κ3) is 3.27. The van der Waals surface area contributed by atoms with Gasteiger partial charge in [-0.15, -0.1) is 11.3 Å². The van der Waals surface area contributed by atoms with Crippen molar-refractivity contribution in [2.45, 2.75) is 12.8 Å². The van der Waals surface area contributed by atoms with Gasteiger partial charge in [0.2, 0.25) is 0 Å². The Labute approximate surface area is 133 Å². The van der Waals surface area contributed by atoms with E-state index in [1.54, 1.807) is 24.3 Å². The van der Waals surface area contributed by atoms with Crippen LogP contribution in [0, 0.1) is 11.3 Å². The number of hydrogen-bond acceptors (Lipinski definition) is 4. The molecule has 7 heteroatoms. The zero-order chi connectivity index (χ0) is 16.4. The van der Waals surface area contributed by atoms with E-state index in [2.05, 4.69) is 4.98 Å². The molecule has 3 nitrogen and oxygen atoms in total. The number of rotatable bonds is 3. The first kappa shape index (κ1) is 15.3. The van der Waals surface area contributed by atoms with Gasteiger partial charge < -0.3 is 4.74 Å². The van der Waals surface area contributed by atoms with Gasteiger partial charge in [-0.3, -0.25) is 0 Å². The molecule has 0 aliphatic heterocycles. The second kappa shape index (κ2) is 5.89. The molecular weight excluding hydrogens is 325 g/mol. The molecule has 0 bridgehead atoms. The lowest BCUT2D eigenvalue weighted by atomic mass is 10.1. The van der Waals surface area contributed by atoms with Crippen molar-refractivity contribution in [2.24, 2.45) is 0 Å².